The van der Waals surface area contributed by atoms with Gasteiger partial charge in [0.15, 0.2) is 0 Å². The van der Waals surface area contributed by atoms with Gasteiger partial charge in [-0.3, -0.25) is 13.9 Å². The van der Waals surface area contributed by atoms with Crippen molar-refractivity contribution in [3.05, 3.63) is 88.9 Å². The molecule has 0 spiro atoms. The molecule has 10 heteroatoms. The fraction of sp³-hybridized carbons (Fsp3) is 0.167. The molecule has 0 aliphatic heterocycles. The summed E-state index contributed by atoms with van der Waals surface area (Å²) in [6, 6.07) is 21.0. The van der Waals surface area contributed by atoms with Crippen LogP contribution in [-0.4, -0.2) is 47.0 Å². The standard InChI is InChI=1S/C24H24BrN3O5S/c1-33-16-15-26-24(30)21-9-5-6-10-22(21)27-23(29)17-28(19-13-11-18(25)12-14-19)34(31,32)20-7-3-2-4-8-20/h2-14H,15-17H2,1H3,(H,26,30)(H,27,29). The van der Waals surface area contributed by atoms with Crippen molar-refractivity contribution in [2.24, 2.45) is 0 Å². The number of halogens is 1. The minimum absolute atomic E-state index is 0.0589. The molecule has 0 radical (unpaired) electrons. The van der Waals surface area contributed by atoms with Crippen LogP contribution in [0.4, 0.5) is 11.4 Å². The van der Waals surface area contributed by atoms with Gasteiger partial charge in [-0.15, -0.1) is 0 Å². The quantitative estimate of drug-likeness (QED) is 0.378. The first-order valence-electron chi connectivity index (χ1n) is 10.3. The first-order chi connectivity index (χ1) is 16.3. The number of rotatable bonds is 10. The second-order valence-electron chi connectivity index (χ2n) is 7.14. The van der Waals surface area contributed by atoms with E-state index >= 15 is 0 Å². The van der Waals surface area contributed by atoms with Gasteiger partial charge in [-0.2, -0.15) is 0 Å². The van der Waals surface area contributed by atoms with Crippen LogP contribution in [0.25, 0.3) is 0 Å². The highest BCUT2D eigenvalue weighted by Crippen LogP contribution is 2.25. The van der Waals surface area contributed by atoms with Crippen LogP contribution in [0.5, 0.6) is 0 Å². The molecule has 0 aromatic heterocycles. The van der Waals surface area contributed by atoms with Gasteiger partial charge in [-0.05, 0) is 48.5 Å². The van der Waals surface area contributed by atoms with Crippen molar-refractivity contribution in [3.63, 3.8) is 0 Å². The Hall–Kier alpha value is -3.21. The number of sulfonamides is 1. The molecule has 3 rings (SSSR count). The third-order valence-electron chi connectivity index (χ3n) is 4.77. The van der Waals surface area contributed by atoms with Crippen LogP contribution in [-0.2, 0) is 19.6 Å². The minimum Gasteiger partial charge on any atom is -0.383 e. The van der Waals surface area contributed by atoms with E-state index in [0.29, 0.717) is 18.8 Å². The number of anilines is 2. The second-order valence-corrected chi connectivity index (χ2v) is 9.92. The van der Waals surface area contributed by atoms with Gasteiger partial charge < -0.3 is 15.4 Å². The number of nitrogens with zero attached hydrogens (tertiary/aromatic N) is 1. The summed E-state index contributed by atoms with van der Waals surface area (Å²) >= 11 is 3.34. The Labute approximate surface area is 207 Å². The van der Waals surface area contributed by atoms with E-state index in [-0.39, 0.29) is 22.1 Å². The maximum Gasteiger partial charge on any atom is 0.264 e. The maximum absolute atomic E-state index is 13.4. The highest BCUT2D eigenvalue weighted by atomic mass is 79.9. The van der Waals surface area contributed by atoms with Gasteiger partial charge in [0.1, 0.15) is 6.54 Å². The average molecular weight is 546 g/mol. The number of para-hydroxylation sites is 1. The zero-order valence-electron chi connectivity index (χ0n) is 18.4. The number of carbonyl (C=O) groups excluding carboxylic acids is 2. The number of methoxy groups -OCH3 is 1. The van der Waals surface area contributed by atoms with Crippen LogP contribution >= 0.6 is 15.9 Å². The highest BCUT2D eigenvalue weighted by Gasteiger charge is 2.27. The largest absolute Gasteiger partial charge is 0.383 e. The molecule has 0 unspecified atom stereocenters. The summed E-state index contributed by atoms with van der Waals surface area (Å²) in [5.74, 6) is -0.978. The van der Waals surface area contributed by atoms with Gasteiger partial charge in [0, 0.05) is 18.1 Å². The van der Waals surface area contributed by atoms with E-state index in [1.165, 1.54) is 19.2 Å². The first-order valence-corrected chi connectivity index (χ1v) is 12.6. The van der Waals surface area contributed by atoms with Gasteiger partial charge in [-0.25, -0.2) is 8.42 Å². The van der Waals surface area contributed by atoms with Gasteiger partial charge in [-0.1, -0.05) is 46.3 Å². The zero-order chi connectivity index (χ0) is 24.6. The fourth-order valence-corrected chi connectivity index (χ4v) is 4.82. The number of benzene rings is 3. The Morgan fingerprint density at radius 1 is 0.941 bits per heavy atom. The molecule has 2 amide bonds. The molecule has 0 heterocycles. The van der Waals surface area contributed by atoms with Crippen molar-refractivity contribution in [1.29, 1.82) is 0 Å². The molecule has 0 saturated heterocycles. The van der Waals surface area contributed by atoms with Crippen molar-refractivity contribution in [2.75, 3.05) is 36.4 Å². The number of nitrogens with one attached hydrogen (secondary N) is 2. The lowest BCUT2D eigenvalue weighted by Gasteiger charge is -2.24. The topological polar surface area (TPSA) is 105 Å². The molecule has 0 aliphatic carbocycles. The molecule has 8 nitrogen and oxygen atoms in total. The van der Waals surface area contributed by atoms with E-state index in [9.17, 15) is 18.0 Å². The molecule has 3 aromatic carbocycles. The summed E-state index contributed by atoms with van der Waals surface area (Å²) in [6.45, 7) is 0.169. The molecule has 0 fully saturated rings. The summed E-state index contributed by atoms with van der Waals surface area (Å²) in [4.78, 5) is 25.6. The van der Waals surface area contributed by atoms with Crippen LogP contribution in [0.1, 0.15) is 10.4 Å². The molecular formula is C24H24BrN3O5S. The number of carbonyl (C=O) groups is 2. The first kappa shape index (κ1) is 25.4. The van der Waals surface area contributed by atoms with Crippen LogP contribution in [0.2, 0.25) is 0 Å². The molecular weight excluding hydrogens is 522 g/mol. The van der Waals surface area contributed by atoms with E-state index in [1.807, 2.05) is 0 Å². The van der Waals surface area contributed by atoms with Crippen LogP contribution in [0, 0.1) is 0 Å². The monoisotopic (exact) mass is 545 g/mol. The van der Waals surface area contributed by atoms with Gasteiger partial charge in [0.25, 0.3) is 15.9 Å². The van der Waals surface area contributed by atoms with E-state index < -0.39 is 22.5 Å². The lowest BCUT2D eigenvalue weighted by molar-refractivity contribution is -0.114. The normalized spacial score (nSPS) is 11.0. The Kier molecular flexibility index (Phi) is 8.80. The Morgan fingerprint density at radius 3 is 2.26 bits per heavy atom. The minimum atomic E-state index is -4.03. The van der Waals surface area contributed by atoms with E-state index in [1.54, 1.807) is 66.7 Å². The maximum atomic E-state index is 13.4. The number of hydrogen-bond donors (Lipinski definition) is 2. The average Bonchev–Trinajstić information content (AvgIpc) is 2.84. The zero-order valence-corrected chi connectivity index (χ0v) is 20.8. The van der Waals surface area contributed by atoms with Gasteiger partial charge in [0.2, 0.25) is 5.91 Å². The van der Waals surface area contributed by atoms with E-state index in [4.69, 9.17) is 4.74 Å². The SMILES string of the molecule is COCCNC(=O)c1ccccc1NC(=O)CN(c1ccc(Br)cc1)S(=O)(=O)c1ccccc1. The van der Waals surface area contributed by atoms with Crippen molar-refractivity contribution in [1.82, 2.24) is 5.32 Å². The predicted octanol–water partition coefficient (Wildman–Crippen LogP) is 3.66. The lowest BCUT2D eigenvalue weighted by atomic mass is 10.1. The highest BCUT2D eigenvalue weighted by molar-refractivity contribution is 9.10. The van der Waals surface area contributed by atoms with Crippen molar-refractivity contribution in [2.45, 2.75) is 4.90 Å². The molecule has 0 saturated carbocycles. The summed E-state index contributed by atoms with van der Waals surface area (Å²) in [7, 11) is -2.50. The Balaban J connectivity index is 1.86. The van der Waals surface area contributed by atoms with Crippen LogP contribution in [0.3, 0.4) is 0 Å². The Morgan fingerprint density at radius 2 is 1.59 bits per heavy atom. The van der Waals surface area contributed by atoms with Crippen molar-refractivity contribution >= 4 is 49.1 Å². The molecule has 2 N–H and O–H groups in total. The Bertz CT molecular complexity index is 1230. The van der Waals surface area contributed by atoms with Gasteiger partial charge >= 0.3 is 0 Å². The summed E-state index contributed by atoms with van der Waals surface area (Å²) < 4.78 is 33.5. The van der Waals surface area contributed by atoms with Crippen molar-refractivity contribution < 1.29 is 22.7 Å². The summed E-state index contributed by atoms with van der Waals surface area (Å²) in [6.07, 6.45) is 0. The molecule has 34 heavy (non-hydrogen) atoms. The van der Waals surface area contributed by atoms with Gasteiger partial charge in [0.05, 0.1) is 28.4 Å². The number of amides is 2. The van der Waals surface area contributed by atoms with Crippen molar-refractivity contribution in [3.8, 4) is 0 Å². The summed E-state index contributed by atoms with van der Waals surface area (Å²) in [5, 5.41) is 5.38. The van der Waals surface area contributed by atoms with Crippen LogP contribution < -0.4 is 14.9 Å². The second kappa shape index (κ2) is 11.8. The molecule has 3 aromatic rings. The predicted molar refractivity (Wildman–Crippen MR) is 134 cm³/mol. The third kappa shape index (κ3) is 6.43. The number of hydrogen-bond acceptors (Lipinski definition) is 5. The number of ether oxygens (including phenoxy) is 1. The smallest absolute Gasteiger partial charge is 0.264 e. The molecule has 0 bridgehead atoms. The molecule has 0 aliphatic rings. The van der Waals surface area contributed by atoms with Crippen LogP contribution in [0.15, 0.2) is 88.2 Å². The fourth-order valence-electron chi connectivity index (χ4n) is 3.11. The lowest BCUT2D eigenvalue weighted by Crippen LogP contribution is -2.38. The molecule has 0 atom stereocenters. The van der Waals surface area contributed by atoms with E-state index in [2.05, 4.69) is 26.6 Å². The van der Waals surface area contributed by atoms with E-state index in [0.717, 1.165) is 8.78 Å². The third-order valence-corrected chi connectivity index (χ3v) is 7.09. The summed E-state index contributed by atoms with van der Waals surface area (Å²) in [5.41, 5.74) is 0.858. The molecule has 178 valence electrons.